The van der Waals surface area contributed by atoms with E-state index >= 15 is 0 Å². The van der Waals surface area contributed by atoms with Gasteiger partial charge in [-0.15, -0.1) is 0 Å². The molecule has 1 fully saturated rings. The summed E-state index contributed by atoms with van der Waals surface area (Å²) in [7, 11) is 0. The van der Waals surface area contributed by atoms with Crippen molar-refractivity contribution >= 4 is 5.82 Å². The van der Waals surface area contributed by atoms with Gasteiger partial charge in [0.1, 0.15) is 5.82 Å². The second kappa shape index (κ2) is 7.11. The molecule has 1 aliphatic rings. The van der Waals surface area contributed by atoms with Gasteiger partial charge in [0.2, 0.25) is 0 Å². The number of hydrogen-bond donors (Lipinski definition) is 0. The van der Waals surface area contributed by atoms with E-state index in [2.05, 4.69) is 51.7 Å². The van der Waals surface area contributed by atoms with Gasteiger partial charge < -0.3 is 4.90 Å². The van der Waals surface area contributed by atoms with Crippen molar-refractivity contribution in [1.82, 2.24) is 9.88 Å². The molecule has 0 saturated carbocycles. The van der Waals surface area contributed by atoms with Crippen molar-refractivity contribution in [3.05, 3.63) is 59.8 Å². The molecule has 0 unspecified atom stereocenters. The minimum atomic E-state index is 0.837. The van der Waals surface area contributed by atoms with Crippen LogP contribution in [0.5, 0.6) is 0 Å². The lowest BCUT2D eigenvalue weighted by atomic mass is 10.2. The van der Waals surface area contributed by atoms with Crippen LogP contribution < -0.4 is 4.90 Å². The molecule has 1 aromatic heterocycles. The predicted molar refractivity (Wildman–Crippen MR) is 90.9 cm³/mol. The predicted octanol–water partition coefficient (Wildman–Crippen LogP) is 2.56. The summed E-state index contributed by atoms with van der Waals surface area (Å²) in [4.78, 5) is 9.29. The largest absolute Gasteiger partial charge is 0.354 e. The summed E-state index contributed by atoms with van der Waals surface area (Å²) in [5.74, 6) is 7.63. The van der Waals surface area contributed by atoms with Crippen LogP contribution in [0.4, 0.5) is 5.82 Å². The highest BCUT2D eigenvalue weighted by Gasteiger charge is 2.18. The van der Waals surface area contributed by atoms with E-state index in [4.69, 9.17) is 0 Å². The van der Waals surface area contributed by atoms with Gasteiger partial charge in [-0.1, -0.05) is 36.1 Å². The van der Waals surface area contributed by atoms with Crippen molar-refractivity contribution in [2.24, 2.45) is 0 Å². The number of nitrogens with zero attached hydrogens (tertiary/aromatic N) is 3. The summed E-state index contributed by atoms with van der Waals surface area (Å²) < 4.78 is 0. The maximum absolute atomic E-state index is 4.51. The zero-order chi connectivity index (χ0) is 15.2. The molecule has 3 rings (SSSR count). The third-order valence-electron chi connectivity index (χ3n) is 3.96. The first-order valence-corrected chi connectivity index (χ1v) is 7.76. The minimum absolute atomic E-state index is 0.837. The number of aromatic nitrogens is 1. The number of hydrogen-bond acceptors (Lipinski definition) is 3. The van der Waals surface area contributed by atoms with Crippen LogP contribution in [0.2, 0.25) is 0 Å². The smallest absolute Gasteiger partial charge is 0.131 e. The van der Waals surface area contributed by atoms with Crippen LogP contribution in [0.1, 0.15) is 11.1 Å². The number of anilines is 1. The van der Waals surface area contributed by atoms with Gasteiger partial charge in [0.05, 0.1) is 6.54 Å². The van der Waals surface area contributed by atoms with Gasteiger partial charge in [-0.2, -0.15) is 0 Å². The lowest BCUT2D eigenvalue weighted by molar-refractivity contribution is 0.287. The molecule has 0 radical (unpaired) electrons. The quantitative estimate of drug-likeness (QED) is 0.793. The van der Waals surface area contributed by atoms with E-state index in [0.29, 0.717) is 0 Å². The number of piperazine rings is 1. The highest BCUT2D eigenvalue weighted by molar-refractivity contribution is 5.46. The van der Waals surface area contributed by atoms with Gasteiger partial charge in [0.15, 0.2) is 0 Å². The van der Waals surface area contributed by atoms with Gasteiger partial charge in [-0.05, 0) is 30.7 Å². The number of aryl methyl sites for hydroxylation is 1. The van der Waals surface area contributed by atoms with Gasteiger partial charge in [-0.3, -0.25) is 4.90 Å². The van der Waals surface area contributed by atoms with Crippen LogP contribution >= 0.6 is 0 Å². The summed E-state index contributed by atoms with van der Waals surface area (Å²) in [6.45, 7) is 7.08. The van der Waals surface area contributed by atoms with Crippen LogP contribution in [0.3, 0.4) is 0 Å². The van der Waals surface area contributed by atoms with E-state index < -0.39 is 0 Å². The summed E-state index contributed by atoms with van der Waals surface area (Å²) in [6, 6.07) is 14.3. The van der Waals surface area contributed by atoms with E-state index in [-0.39, 0.29) is 0 Å². The first-order chi connectivity index (χ1) is 10.8. The first-order valence-electron chi connectivity index (χ1n) is 7.76. The fraction of sp³-hybridized carbons (Fsp3) is 0.316. The van der Waals surface area contributed by atoms with Crippen molar-refractivity contribution in [3.63, 3.8) is 0 Å². The molecule has 1 aliphatic heterocycles. The van der Waals surface area contributed by atoms with Crippen LogP contribution in [0, 0.1) is 18.8 Å². The molecule has 0 atom stereocenters. The Kier molecular flexibility index (Phi) is 4.72. The van der Waals surface area contributed by atoms with Crippen molar-refractivity contribution < 1.29 is 0 Å². The molecular formula is C19H21N3. The Morgan fingerprint density at radius 1 is 1.00 bits per heavy atom. The first kappa shape index (κ1) is 14.6. The number of rotatable bonds is 2. The van der Waals surface area contributed by atoms with E-state index in [0.717, 1.165) is 44.1 Å². The molecule has 112 valence electrons. The fourth-order valence-electron chi connectivity index (χ4n) is 2.70. The Labute approximate surface area is 132 Å². The lowest BCUT2D eigenvalue weighted by Gasteiger charge is -2.35. The average Bonchev–Trinajstić information content (AvgIpc) is 2.57. The molecular weight excluding hydrogens is 270 g/mol. The van der Waals surface area contributed by atoms with Gasteiger partial charge >= 0.3 is 0 Å². The van der Waals surface area contributed by atoms with Crippen molar-refractivity contribution in [2.45, 2.75) is 6.92 Å². The second-order valence-corrected chi connectivity index (χ2v) is 5.57. The molecule has 0 bridgehead atoms. The third-order valence-corrected chi connectivity index (χ3v) is 3.96. The van der Waals surface area contributed by atoms with Crippen molar-refractivity contribution in [1.29, 1.82) is 0 Å². The molecule has 3 nitrogen and oxygen atoms in total. The highest BCUT2D eigenvalue weighted by Crippen LogP contribution is 2.17. The highest BCUT2D eigenvalue weighted by atomic mass is 15.3. The molecule has 0 amide bonds. The van der Waals surface area contributed by atoms with Crippen molar-refractivity contribution in [2.75, 3.05) is 37.6 Å². The Hall–Kier alpha value is -2.31. The Morgan fingerprint density at radius 3 is 2.50 bits per heavy atom. The molecule has 3 heteroatoms. The van der Waals surface area contributed by atoms with E-state index in [1.165, 1.54) is 5.56 Å². The molecule has 2 aromatic rings. The van der Waals surface area contributed by atoms with Crippen LogP contribution in [-0.2, 0) is 0 Å². The monoisotopic (exact) mass is 291 g/mol. The van der Waals surface area contributed by atoms with Crippen LogP contribution in [0.15, 0.2) is 48.7 Å². The Bertz CT molecular complexity index is 662. The summed E-state index contributed by atoms with van der Waals surface area (Å²) >= 11 is 0. The molecule has 1 saturated heterocycles. The average molecular weight is 291 g/mol. The zero-order valence-corrected chi connectivity index (χ0v) is 13.0. The molecule has 0 spiro atoms. The molecule has 1 aromatic carbocycles. The second-order valence-electron chi connectivity index (χ2n) is 5.57. The SMILES string of the molecule is Cc1cccnc1N1CCN(CC#Cc2ccccc2)CC1. The summed E-state index contributed by atoms with van der Waals surface area (Å²) in [5, 5.41) is 0. The lowest BCUT2D eigenvalue weighted by Crippen LogP contribution is -2.46. The standard InChI is InChI=1S/C19H21N3/c1-17-7-5-11-20-19(17)22-15-13-21(14-16-22)12-6-10-18-8-3-2-4-9-18/h2-5,7-9,11H,12-16H2,1H3. The van der Waals surface area contributed by atoms with Crippen molar-refractivity contribution in [3.8, 4) is 11.8 Å². The number of pyridine rings is 1. The van der Waals surface area contributed by atoms with E-state index in [9.17, 15) is 0 Å². The zero-order valence-electron chi connectivity index (χ0n) is 13.0. The van der Waals surface area contributed by atoms with Gasteiger partial charge in [0, 0.05) is 37.9 Å². The van der Waals surface area contributed by atoms with Gasteiger partial charge in [0.25, 0.3) is 0 Å². The number of benzene rings is 1. The van der Waals surface area contributed by atoms with Crippen LogP contribution in [0.25, 0.3) is 0 Å². The molecule has 0 aliphatic carbocycles. The van der Waals surface area contributed by atoms with E-state index in [1.54, 1.807) is 0 Å². The third kappa shape index (κ3) is 3.66. The minimum Gasteiger partial charge on any atom is -0.354 e. The Balaban J connectivity index is 1.52. The molecule has 22 heavy (non-hydrogen) atoms. The molecule has 0 N–H and O–H groups in total. The van der Waals surface area contributed by atoms with Crippen LogP contribution in [-0.4, -0.2) is 42.6 Å². The maximum Gasteiger partial charge on any atom is 0.131 e. The molecule has 2 heterocycles. The van der Waals surface area contributed by atoms with E-state index in [1.807, 2.05) is 30.5 Å². The summed E-state index contributed by atoms with van der Waals surface area (Å²) in [5.41, 5.74) is 2.34. The van der Waals surface area contributed by atoms with Gasteiger partial charge in [-0.25, -0.2) is 4.98 Å². The fourth-order valence-corrected chi connectivity index (χ4v) is 2.70. The normalized spacial score (nSPS) is 15.2. The topological polar surface area (TPSA) is 19.4 Å². The summed E-state index contributed by atoms with van der Waals surface area (Å²) in [6.07, 6.45) is 1.88. The Morgan fingerprint density at radius 2 is 1.77 bits per heavy atom. The maximum atomic E-state index is 4.51.